The van der Waals surface area contributed by atoms with Crippen molar-refractivity contribution in [1.82, 2.24) is 9.58 Å². The number of halogens is 2. The third-order valence-electron chi connectivity index (χ3n) is 5.62. The van der Waals surface area contributed by atoms with Crippen LogP contribution in [0.15, 0.2) is 53.3 Å². The number of carbonyl (C=O) groups excluding carboxylic acids is 1. The number of pyridine rings is 1. The average Bonchev–Trinajstić information content (AvgIpc) is 2.79. The second-order valence-corrected chi connectivity index (χ2v) is 8.39. The fourth-order valence-electron chi connectivity index (χ4n) is 4.08. The second kappa shape index (κ2) is 8.04. The zero-order valence-corrected chi connectivity index (χ0v) is 18.0. The molecule has 6 nitrogen and oxygen atoms in total. The van der Waals surface area contributed by atoms with Gasteiger partial charge >= 0.3 is 0 Å². The van der Waals surface area contributed by atoms with Crippen LogP contribution in [0.25, 0.3) is 22.4 Å². The molecule has 1 N–H and O–H groups in total. The van der Waals surface area contributed by atoms with Gasteiger partial charge < -0.3 is 15.1 Å². The standard InChI is InChI=1S/C23H19Cl2N3O3/c24-16-3-1-2-14(10-16)19-12-20(22(29)27-6-8-31-9-7-27)21-18-11-17(25)5-4-15(18)13-26-28(21)23(19)30/h1-5,10-12,26H,6-9,13H2. The SMILES string of the molecule is O=C(c1cc(-c2cccc(Cl)c2)c(=O)n2c1-c1cc(Cl)ccc1CN2)N1CCOCC1. The molecule has 31 heavy (non-hydrogen) atoms. The molecule has 0 aliphatic carbocycles. The van der Waals surface area contributed by atoms with E-state index < -0.39 is 0 Å². The van der Waals surface area contributed by atoms with E-state index in [1.165, 1.54) is 4.68 Å². The van der Waals surface area contributed by atoms with E-state index in [1.807, 2.05) is 12.1 Å². The number of carbonyl (C=O) groups is 1. The molecule has 3 aromatic rings. The predicted octanol–water partition coefficient (Wildman–Crippen LogP) is 4.02. The van der Waals surface area contributed by atoms with Gasteiger partial charge in [0.15, 0.2) is 0 Å². The zero-order valence-electron chi connectivity index (χ0n) is 16.5. The quantitative estimate of drug-likeness (QED) is 0.633. The van der Waals surface area contributed by atoms with Crippen LogP contribution in [0.3, 0.4) is 0 Å². The lowest BCUT2D eigenvalue weighted by Gasteiger charge is -2.30. The Labute approximate surface area is 188 Å². The molecule has 3 heterocycles. The number of hydrogen-bond acceptors (Lipinski definition) is 4. The first-order valence-corrected chi connectivity index (χ1v) is 10.7. The van der Waals surface area contributed by atoms with Crippen molar-refractivity contribution < 1.29 is 9.53 Å². The summed E-state index contributed by atoms with van der Waals surface area (Å²) in [6, 6.07) is 14.3. The van der Waals surface area contributed by atoms with Gasteiger partial charge in [0.05, 0.1) is 31.0 Å². The molecule has 0 saturated carbocycles. The summed E-state index contributed by atoms with van der Waals surface area (Å²) in [7, 11) is 0. The van der Waals surface area contributed by atoms with Gasteiger partial charge in [0.1, 0.15) is 0 Å². The van der Waals surface area contributed by atoms with Gasteiger partial charge in [0.2, 0.25) is 0 Å². The maximum Gasteiger partial charge on any atom is 0.277 e. The van der Waals surface area contributed by atoms with Crippen molar-refractivity contribution in [3.63, 3.8) is 0 Å². The summed E-state index contributed by atoms with van der Waals surface area (Å²) < 4.78 is 6.86. The maximum absolute atomic E-state index is 13.6. The van der Waals surface area contributed by atoms with Gasteiger partial charge in [-0.3, -0.25) is 9.59 Å². The number of rotatable bonds is 2. The summed E-state index contributed by atoms with van der Waals surface area (Å²) >= 11 is 12.4. The van der Waals surface area contributed by atoms with Crippen molar-refractivity contribution in [3.8, 4) is 22.4 Å². The van der Waals surface area contributed by atoms with Crippen LogP contribution in [0.2, 0.25) is 10.0 Å². The Morgan fingerprint density at radius 2 is 1.74 bits per heavy atom. The van der Waals surface area contributed by atoms with Crippen LogP contribution in [0.1, 0.15) is 15.9 Å². The third kappa shape index (κ3) is 3.61. The lowest BCUT2D eigenvalue weighted by molar-refractivity contribution is 0.0303. The molecule has 0 radical (unpaired) electrons. The molecule has 2 aliphatic heterocycles. The molecule has 8 heteroatoms. The minimum atomic E-state index is -0.249. The Hall–Kier alpha value is -2.80. The molecular weight excluding hydrogens is 437 g/mol. The number of fused-ring (bicyclic) bond motifs is 3. The normalized spacial score (nSPS) is 15.1. The highest BCUT2D eigenvalue weighted by atomic mass is 35.5. The van der Waals surface area contributed by atoms with Gasteiger partial charge in [-0.1, -0.05) is 41.4 Å². The topological polar surface area (TPSA) is 63.6 Å². The van der Waals surface area contributed by atoms with Crippen LogP contribution in [0.5, 0.6) is 0 Å². The minimum absolute atomic E-state index is 0.148. The Morgan fingerprint density at radius 3 is 2.52 bits per heavy atom. The number of aromatic nitrogens is 1. The predicted molar refractivity (Wildman–Crippen MR) is 121 cm³/mol. The first-order chi connectivity index (χ1) is 15.0. The van der Waals surface area contributed by atoms with Gasteiger partial charge in [0.25, 0.3) is 11.5 Å². The van der Waals surface area contributed by atoms with E-state index in [0.717, 1.165) is 11.1 Å². The molecule has 158 valence electrons. The number of nitrogens with one attached hydrogen (secondary N) is 1. The summed E-state index contributed by atoms with van der Waals surface area (Å²) in [4.78, 5) is 28.8. The van der Waals surface area contributed by atoms with Crippen LogP contribution in [0, 0.1) is 0 Å². The third-order valence-corrected chi connectivity index (χ3v) is 6.09. The van der Waals surface area contributed by atoms with Crippen LogP contribution in [-0.2, 0) is 11.3 Å². The molecule has 0 spiro atoms. The van der Waals surface area contributed by atoms with E-state index in [-0.39, 0.29) is 11.5 Å². The monoisotopic (exact) mass is 455 g/mol. The lowest BCUT2D eigenvalue weighted by Crippen LogP contribution is -2.42. The Kier molecular flexibility index (Phi) is 5.22. The van der Waals surface area contributed by atoms with E-state index in [1.54, 1.807) is 41.3 Å². The number of amides is 1. The van der Waals surface area contributed by atoms with Crippen molar-refractivity contribution in [2.75, 3.05) is 31.7 Å². The van der Waals surface area contributed by atoms with E-state index in [2.05, 4.69) is 5.43 Å². The van der Waals surface area contributed by atoms with Crippen molar-refractivity contribution in [2.45, 2.75) is 6.54 Å². The van der Waals surface area contributed by atoms with E-state index in [4.69, 9.17) is 27.9 Å². The molecule has 1 amide bonds. The summed E-state index contributed by atoms with van der Waals surface area (Å²) in [6.45, 7) is 2.42. The smallest absolute Gasteiger partial charge is 0.277 e. The highest BCUT2D eigenvalue weighted by Gasteiger charge is 2.29. The number of morpholine rings is 1. The Morgan fingerprint density at radius 1 is 0.968 bits per heavy atom. The van der Waals surface area contributed by atoms with Crippen LogP contribution < -0.4 is 11.0 Å². The van der Waals surface area contributed by atoms with Gasteiger partial charge in [-0.25, -0.2) is 4.68 Å². The fraction of sp³-hybridized carbons (Fsp3) is 0.217. The number of nitrogens with zero attached hydrogens (tertiary/aromatic N) is 2. The maximum atomic E-state index is 13.6. The number of hydrogen-bond donors (Lipinski definition) is 1. The molecule has 5 rings (SSSR count). The summed E-state index contributed by atoms with van der Waals surface area (Å²) in [5.41, 5.74) is 6.68. The molecule has 1 aromatic heterocycles. The van der Waals surface area contributed by atoms with Crippen molar-refractivity contribution in [3.05, 3.63) is 80.1 Å². The van der Waals surface area contributed by atoms with Gasteiger partial charge in [0, 0.05) is 34.3 Å². The van der Waals surface area contributed by atoms with Gasteiger partial charge in [-0.05, 0) is 41.5 Å². The molecule has 2 aliphatic rings. The highest BCUT2D eigenvalue weighted by molar-refractivity contribution is 6.31. The van der Waals surface area contributed by atoms with Crippen LogP contribution in [0.4, 0.5) is 0 Å². The highest BCUT2D eigenvalue weighted by Crippen LogP contribution is 2.34. The minimum Gasteiger partial charge on any atom is -0.378 e. The van der Waals surface area contributed by atoms with Crippen LogP contribution in [-0.4, -0.2) is 41.8 Å². The van der Waals surface area contributed by atoms with Gasteiger partial charge in [-0.2, -0.15) is 0 Å². The molecule has 0 unspecified atom stereocenters. The Bertz CT molecular complexity index is 1250. The zero-order chi connectivity index (χ0) is 21.5. The van der Waals surface area contributed by atoms with Crippen LogP contribution >= 0.6 is 23.2 Å². The summed E-state index contributed by atoms with van der Waals surface area (Å²) in [5, 5.41) is 1.06. The molecular formula is C23H19Cl2N3O3. The average molecular weight is 456 g/mol. The van der Waals surface area contributed by atoms with Crippen molar-refractivity contribution in [2.24, 2.45) is 0 Å². The summed E-state index contributed by atoms with van der Waals surface area (Å²) in [6.07, 6.45) is 0. The van der Waals surface area contributed by atoms with Gasteiger partial charge in [-0.15, -0.1) is 0 Å². The first-order valence-electron chi connectivity index (χ1n) is 9.98. The summed E-state index contributed by atoms with van der Waals surface area (Å²) in [5.74, 6) is -0.148. The largest absolute Gasteiger partial charge is 0.378 e. The lowest BCUT2D eigenvalue weighted by atomic mass is 9.95. The Balaban J connectivity index is 1.77. The van der Waals surface area contributed by atoms with E-state index >= 15 is 0 Å². The van der Waals surface area contributed by atoms with Crippen molar-refractivity contribution in [1.29, 1.82) is 0 Å². The molecule has 1 fully saturated rings. The molecule has 0 bridgehead atoms. The number of benzene rings is 2. The molecule has 2 aromatic carbocycles. The van der Waals surface area contributed by atoms with E-state index in [9.17, 15) is 9.59 Å². The van der Waals surface area contributed by atoms with E-state index in [0.29, 0.717) is 65.3 Å². The van der Waals surface area contributed by atoms with Crippen molar-refractivity contribution >= 4 is 29.1 Å². The number of ether oxygens (including phenoxy) is 1. The fourth-order valence-corrected chi connectivity index (χ4v) is 4.45. The first kappa shape index (κ1) is 20.1. The molecule has 1 saturated heterocycles. The molecule has 0 atom stereocenters. The second-order valence-electron chi connectivity index (χ2n) is 7.51.